The Morgan fingerprint density at radius 1 is 1.11 bits per heavy atom. The van der Waals surface area contributed by atoms with E-state index >= 15 is 0 Å². The third-order valence-electron chi connectivity index (χ3n) is 5.24. The number of carbonyl (C=O) groups is 3. The van der Waals surface area contributed by atoms with Crippen molar-refractivity contribution in [2.45, 2.75) is 19.8 Å². The molecular weight excluding hydrogens is 422 g/mol. The molecule has 7 heteroatoms. The number of rotatable bonds is 5. The Balaban J connectivity index is 1.39. The van der Waals surface area contributed by atoms with Crippen molar-refractivity contribution in [1.29, 1.82) is 0 Å². The second kappa shape index (κ2) is 7.39. The van der Waals surface area contributed by atoms with Crippen molar-refractivity contribution < 1.29 is 14.4 Å². The molecule has 0 saturated carbocycles. The predicted octanol–water partition coefficient (Wildman–Crippen LogP) is 3.46. The van der Waals surface area contributed by atoms with Crippen molar-refractivity contribution in [3.63, 3.8) is 0 Å². The van der Waals surface area contributed by atoms with Crippen molar-refractivity contribution in [3.8, 4) is 0 Å². The number of hydrogen-bond donors (Lipinski definition) is 1. The predicted molar refractivity (Wildman–Crippen MR) is 111 cm³/mol. The molecule has 2 aromatic rings. The summed E-state index contributed by atoms with van der Waals surface area (Å²) < 4.78 is 0.740. The molecule has 2 aromatic carbocycles. The fourth-order valence-electron chi connectivity index (χ4n) is 3.75. The van der Waals surface area contributed by atoms with Gasteiger partial charge in [0.1, 0.15) is 0 Å². The van der Waals surface area contributed by atoms with Crippen molar-refractivity contribution in [3.05, 3.63) is 57.6 Å². The molecule has 0 spiro atoms. The van der Waals surface area contributed by atoms with E-state index in [2.05, 4.69) is 33.1 Å². The van der Waals surface area contributed by atoms with Crippen LogP contribution in [0.5, 0.6) is 0 Å². The first-order valence-electron chi connectivity index (χ1n) is 9.31. The van der Waals surface area contributed by atoms with Crippen LogP contribution in [0.2, 0.25) is 0 Å². The van der Waals surface area contributed by atoms with Crippen molar-refractivity contribution in [1.82, 2.24) is 4.90 Å². The first-order valence-corrected chi connectivity index (χ1v) is 10.1. The van der Waals surface area contributed by atoms with Crippen LogP contribution in [-0.4, -0.2) is 42.3 Å². The van der Waals surface area contributed by atoms with Gasteiger partial charge in [0, 0.05) is 41.9 Å². The summed E-state index contributed by atoms with van der Waals surface area (Å²) in [6.45, 7) is 4.10. The summed E-state index contributed by atoms with van der Waals surface area (Å²) >= 11 is 3.31. The topological polar surface area (TPSA) is 69.7 Å². The number of likely N-dealkylation sites (N-methyl/N-ethyl adjacent to an activating group) is 1. The van der Waals surface area contributed by atoms with Crippen molar-refractivity contribution >= 4 is 45.0 Å². The van der Waals surface area contributed by atoms with Crippen LogP contribution in [0.25, 0.3) is 0 Å². The van der Waals surface area contributed by atoms with Gasteiger partial charge in [-0.3, -0.25) is 19.3 Å². The zero-order chi connectivity index (χ0) is 19.8. The molecule has 4 rings (SSSR count). The van der Waals surface area contributed by atoms with Gasteiger partial charge in [-0.05, 0) is 49.2 Å². The first-order chi connectivity index (χ1) is 13.5. The summed E-state index contributed by atoms with van der Waals surface area (Å²) in [6.07, 6.45) is 1.08. The second-order valence-corrected chi connectivity index (χ2v) is 7.84. The van der Waals surface area contributed by atoms with E-state index < -0.39 is 0 Å². The summed E-state index contributed by atoms with van der Waals surface area (Å²) in [5, 5.41) is 2.88. The van der Waals surface area contributed by atoms with Crippen LogP contribution in [0, 0.1) is 0 Å². The summed E-state index contributed by atoms with van der Waals surface area (Å²) in [7, 11) is 0. The van der Waals surface area contributed by atoms with Crippen LogP contribution in [0.4, 0.5) is 11.4 Å². The summed E-state index contributed by atoms with van der Waals surface area (Å²) in [6, 6.07) is 10.9. The van der Waals surface area contributed by atoms with E-state index in [1.807, 2.05) is 18.2 Å². The number of amides is 3. The molecule has 2 heterocycles. The van der Waals surface area contributed by atoms with E-state index in [-0.39, 0.29) is 30.7 Å². The Morgan fingerprint density at radius 3 is 2.68 bits per heavy atom. The van der Waals surface area contributed by atoms with Crippen LogP contribution in [0.15, 0.2) is 40.9 Å². The molecule has 3 amide bonds. The average Bonchev–Trinajstić information content (AvgIpc) is 3.19. The molecule has 0 atom stereocenters. The fourth-order valence-corrected chi connectivity index (χ4v) is 4.12. The van der Waals surface area contributed by atoms with Gasteiger partial charge in [0.05, 0.1) is 11.1 Å². The van der Waals surface area contributed by atoms with Crippen molar-refractivity contribution in [2.24, 2.45) is 0 Å². The number of fused-ring (bicyclic) bond motifs is 2. The highest BCUT2D eigenvalue weighted by molar-refractivity contribution is 9.10. The van der Waals surface area contributed by atoms with Crippen LogP contribution < -0.4 is 10.2 Å². The molecule has 1 N–H and O–H groups in total. The van der Waals surface area contributed by atoms with Crippen molar-refractivity contribution in [2.75, 3.05) is 29.9 Å². The Labute approximate surface area is 171 Å². The molecule has 0 radical (unpaired) electrons. The lowest BCUT2D eigenvalue weighted by molar-refractivity contribution is -0.116. The standard InChI is InChI=1S/C21H20BrN3O3/c1-2-24-9-7-13-3-5-15(12-18(13)24)23-19(26)8-10-25-20(27)16-6-4-14(22)11-17(16)21(25)28/h3-6,11-12H,2,7-10H2,1H3,(H,23,26). The normalized spacial score (nSPS) is 15.1. The van der Waals surface area contributed by atoms with E-state index in [9.17, 15) is 14.4 Å². The number of imide groups is 1. The molecule has 0 aliphatic carbocycles. The second-order valence-electron chi connectivity index (χ2n) is 6.92. The van der Waals surface area contributed by atoms with Crippen LogP contribution in [0.1, 0.15) is 39.6 Å². The molecule has 0 fully saturated rings. The van der Waals surface area contributed by atoms with E-state index in [0.29, 0.717) is 11.1 Å². The Bertz CT molecular complexity index is 989. The number of nitrogens with zero attached hydrogens (tertiary/aromatic N) is 2. The molecular formula is C21H20BrN3O3. The number of hydrogen-bond acceptors (Lipinski definition) is 4. The van der Waals surface area contributed by atoms with Gasteiger partial charge in [0.2, 0.25) is 5.91 Å². The number of anilines is 2. The smallest absolute Gasteiger partial charge is 0.261 e. The maximum Gasteiger partial charge on any atom is 0.261 e. The largest absolute Gasteiger partial charge is 0.371 e. The lowest BCUT2D eigenvalue weighted by atomic mass is 10.1. The minimum atomic E-state index is -0.356. The minimum Gasteiger partial charge on any atom is -0.371 e. The van der Waals surface area contributed by atoms with Crippen LogP contribution >= 0.6 is 15.9 Å². The van der Waals surface area contributed by atoms with Gasteiger partial charge in [-0.15, -0.1) is 0 Å². The van der Waals surface area contributed by atoms with Gasteiger partial charge < -0.3 is 10.2 Å². The molecule has 0 unspecified atom stereocenters. The Kier molecular flexibility index (Phi) is 4.93. The summed E-state index contributed by atoms with van der Waals surface area (Å²) in [4.78, 5) is 40.7. The van der Waals surface area contributed by atoms with E-state index in [0.717, 1.165) is 40.3 Å². The van der Waals surface area contributed by atoms with Crippen LogP contribution in [-0.2, 0) is 11.2 Å². The lowest BCUT2D eigenvalue weighted by Crippen LogP contribution is -2.32. The maximum absolute atomic E-state index is 12.5. The van der Waals surface area contributed by atoms with Gasteiger partial charge in [-0.2, -0.15) is 0 Å². The van der Waals surface area contributed by atoms with Gasteiger partial charge in [-0.1, -0.05) is 22.0 Å². The van der Waals surface area contributed by atoms with Crippen LogP contribution in [0.3, 0.4) is 0 Å². The third-order valence-corrected chi connectivity index (χ3v) is 5.73. The van der Waals surface area contributed by atoms with Gasteiger partial charge in [0.15, 0.2) is 0 Å². The molecule has 6 nitrogen and oxygen atoms in total. The average molecular weight is 442 g/mol. The molecule has 0 bridgehead atoms. The highest BCUT2D eigenvalue weighted by Crippen LogP contribution is 2.31. The summed E-state index contributed by atoms with van der Waals surface area (Å²) in [5.74, 6) is -0.930. The number of benzene rings is 2. The fraction of sp³-hybridized carbons (Fsp3) is 0.286. The van der Waals surface area contributed by atoms with E-state index in [4.69, 9.17) is 0 Å². The molecule has 28 heavy (non-hydrogen) atoms. The zero-order valence-electron chi connectivity index (χ0n) is 15.5. The molecule has 2 aliphatic rings. The highest BCUT2D eigenvalue weighted by Gasteiger charge is 2.35. The quantitative estimate of drug-likeness (QED) is 0.721. The lowest BCUT2D eigenvalue weighted by Gasteiger charge is -2.18. The zero-order valence-corrected chi connectivity index (χ0v) is 17.1. The van der Waals surface area contributed by atoms with Gasteiger partial charge in [-0.25, -0.2) is 0 Å². The maximum atomic E-state index is 12.5. The van der Waals surface area contributed by atoms with E-state index in [1.54, 1.807) is 18.2 Å². The Morgan fingerprint density at radius 2 is 1.89 bits per heavy atom. The number of carbonyl (C=O) groups excluding carboxylic acids is 3. The molecule has 0 saturated heterocycles. The number of halogens is 1. The van der Waals surface area contributed by atoms with Gasteiger partial charge >= 0.3 is 0 Å². The monoisotopic (exact) mass is 441 g/mol. The third kappa shape index (κ3) is 3.30. The van der Waals surface area contributed by atoms with E-state index in [1.165, 1.54) is 5.56 Å². The molecule has 0 aromatic heterocycles. The number of nitrogens with one attached hydrogen (secondary N) is 1. The first kappa shape index (κ1) is 18.7. The molecule has 2 aliphatic heterocycles. The summed E-state index contributed by atoms with van der Waals surface area (Å²) in [5.41, 5.74) is 3.93. The molecule has 144 valence electrons. The Hall–Kier alpha value is -2.67. The van der Waals surface area contributed by atoms with Gasteiger partial charge in [0.25, 0.3) is 11.8 Å². The minimum absolute atomic E-state index is 0.0568. The SMILES string of the molecule is CCN1CCc2ccc(NC(=O)CCN3C(=O)c4ccc(Br)cc4C3=O)cc21. The highest BCUT2D eigenvalue weighted by atomic mass is 79.9.